The Kier molecular flexibility index (Phi) is 18.9. The first-order valence-corrected chi connectivity index (χ1v) is 4.48. The molecule has 0 saturated carbocycles. The molecule has 2 unspecified atom stereocenters. The van der Waals surface area contributed by atoms with Gasteiger partial charge in [-0.05, 0) is 31.9 Å². The molecule has 1 aliphatic heterocycles. The molecule has 1 aliphatic rings. The van der Waals surface area contributed by atoms with Gasteiger partial charge >= 0.3 is 26.2 Å². The summed E-state index contributed by atoms with van der Waals surface area (Å²) >= 11 is 0. The molecular weight excluding hydrogens is 325 g/mol. The molecule has 75 valence electrons. The van der Waals surface area contributed by atoms with Crippen molar-refractivity contribution in [3.8, 4) is 0 Å². The molecule has 0 amide bonds. The van der Waals surface area contributed by atoms with Crippen molar-refractivity contribution >= 4 is 13.5 Å². The van der Waals surface area contributed by atoms with Crippen LogP contribution in [0.2, 0.25) is 0 Å². The molecule has 0 aliphatic carbocycles. The van der Waals surface area contributed by atoms with Gasteiger partial charge in [0.25, 0.3) is 0 Å². The largest absolute Gasteiger partial charge is 3.00 e. The van der Waals surface area contributed by atoms with Crippen LogP contribution in [-0.2, 0) is 26.2 Å². The SMILES string of the molecule is CC1=[PH+]C(C)C(C)=C1C.[Cl-].[Cl-].[Cl-].[Zr+3]. The molecule has 0 nitrogen and oxygen atoms in total. The fourth-order valence-electron chi connectivity index (χ4n) is 1.16. The first kappa shape index (κ1) is 24.1. The predicted octanol–water partition coefficient (Wildman–Crippen LogP) is -6.39. The first-order chi connectivity index (χ1) is 4.13. The summed E-state index contributed by atoms with van der Waals surface area (Å²) in [5, 5.41) is 1.61. The summed E-state index contributed by atoms with van der Waals surface area (Å²) in [7, 11) is 1.06. The molecule has 0 bridgehead atoms. The van der Waals surface area contributed by atoms with Crippen molar-refractivity contribution in [2.24, 2.45) is 0 Å². The minimum atomic E-state index is 0. The van der Waals surface area contributed by atoms with Crippen LogP contribution >= 0.6 is 8.20 Å². The van der Waals surface area contributed by atoms with Crippen LogP contribution in [0.1, 0.15) is 27.7 Å². The van der Waals surface area contributed by atoms with Crippen molar-refractivity contribution in [1.82, 2.24) is 0 Å². The van der Waals surface area contributed by atoms with Crippen LogP contribution in [0.5, 0.6) is 0 Å². The Morgan fingerprint density at radius 3 is 1.46 bits per heavy atom. The Balaban J connectivity index is -0.000000101. The zero-order valence-electron chi connectivity index (χ0n) is 8.21. The number of rotatable bonds is 0. The number of hydrogen-bond acceptors (Lipinski definition) is 0. The summed E-state index contributed by atoms with van der Waals surface area (Å²) in [6.45, 7) is 9.05. The van der Waals surface area contributed by atoms with Gasteiger partial charge in [0.05, 0.1) is 8.20 Å². The van der Waals surface area contributed by atoms with Gasteiger partial charge in [-0.1, -0.05) is 0 Å². The fraction of sp³-hybridized carbons (Fsp3) is 0.625. The van der Waals surface area contributed by atoms with E-state index in [1.54, 1.807) is 16.4 Å². The van der Waals surface area contributed by atoms with E-state index in [0.29, 0.717) is 0 Å². The third kappa shape index (κ3) is 5.96. The van der Waals surface area contributed by atoms with E-state index in [9.17, 15) is 0 Å². The van der Waals surface area contributed by atoms with Gasteiger partial charge in [-0.3, -0.25) is 0 Å². The van der Waals surface area contributed by atoms with E-state index in [0.717, 1.165) is 13.9 Å². The molecule has 13 heavy (non-hydrogen) atoms. The van der Waals surface area contributed by atoms with E-state index in [1.165, 1.54) is 0 Å². The van der Waals surface area contributed by atoms with Gasteiger partial charge in [0.15, 0.2) is 0 Å². The third-order valence-electron chi connectivity index (χ3n) is 2.24. The second-order valence-electron chi connectivity index (χ2n) is 2.80. The summed E-state index contributed by atoms with van der Waals surface area (Å²) in [5.74, 6) is 0. The first-order valence-electron chi connectivity index (χ1n) is 3.40. The van der Waals surface area contributed by atoms with E-state index in [4.69, 9.17) is 0 Å². The van der Waals surface area contributed by atoms with Crippen molar-refractivity contribution in [2.45, 2.75) is 33.4 Å². The normalized spacial score (nSPS) is 20.0. The van der Waals surface area contributed by atoms with E-state index < -0.39 is 0 Å². The minimum absolute atomic E-state index is 0. The smallest absolute Gasteiger partial charge is 1.00 e. The van der Waals surface area contributed by atoms with Gasteiger partial charge < -0.3 is 37.2 Å². The van der Waals surface area contributed by atoms with Gasteiger partial charge in [-0.2, -0.15) is 0 Å². The molecule has 1 heterocycles. The molecule has 2 atom stereocenters. The van der Waals surface area contributed by atoms with E-state index >= 15 is 0 Å². The second kappa shape index (κ2) is 10.2. The predicted molar refractivity (Wildman–Crippen MR) is 46.8 cm³/mol. The third-order valence-corrected chi connectivity index (χ3v) is 3.91. The van der Waals surface area contributed by atoms with Crippen molar-refractivity contribution in [1.29, 1.82) is 0 Å². The Morgan fingerprint density at radius 1 is 1.00 bits per heavy atom. The molecule has 0 N–H and O–H groups in total. The molecular formula is C8H14Cl3PZr+. The van der Waals surface area contributed by atoms with Gasteiger partial charge in [-0.25, -0.2) is 0 Å². The average Bonchev–Trinajstić information content (AvgIpc) is 1.98. The fourth-order valence-corrected chi connectivity index (χ4v) is 2.66. The second-order valence-corrected chi connectivity index (χ2v) is 4.70. The molecule has 1 radical (unpaired) electrons. The Hall–Kier alpha value is 1.66. The molecule has 0 aromatic heterocycles. The number of hydrogen-bond donors (Lipinski definition) is 0. The maximum Gasteiger partial charge on any atom is 3.00 e. The van der Waals surface area contributed by atoms with E-state index in [2.05, 4.69) is 27.7 Å². The van der Waals surface area contributed by atoms with Crippen LogP contribution in [0.15, 0.2) is 11.1 Å². The Labute approximate surface area is 120 Å². The summed E-state index contributed by atoms with van der Waals surface area (Å²) in [6, 6.07) is 0. The van der Waals surface area contributed by atoms with Gasteiger partial charge in [0, 0.05) is 6.92 Å². The maximum atomic E-state index is 2.31. The Bertz CT molecular complexity index is 202. The van der Waals surface area contributed by atoms with Crippen molar-refractivity contribution in [3.05, 3.63) is 11.1 Å². The molecule has 0 aromatic rings. The molecule has 0 saturated heterocycles. The van der Waals surface area contributed by atoms with Crippen LogP contribution < -0.4 is 37.2 Å². The summed E-state index contributed by atoms with van der Waals surface area (Å²) in [4.78, 5) is 0. The molecule has 0 aromatic carbocycles. The molecule has 0 spiro atoms. The zero-order chi connectivity index (χ0) is 7.02. The number of allylic oxidation sites excluding steroid dienone is 2. The summed E-state index contributed by atoms with van der Waals surface area (Å²) in [6.07, 6.45) is 0. The van der Waals surface area contributed by atoms with E-state index in [-0.39, 0.29) is 63.4 Å². The minimum Gasteiger partial charge on any atom is -1.00 e. The van der Waals surface area contributed by atoms with Crippen LogP contribution in [-0.4, -0.2) is 11.0 Å². The topological polar surface area (TPSA) is 0 Å². The van der Waals surface area contributed by atoms with Crippen LogP contribution in [0, 0.1) is 0 Å². The monoisotopic (exact) mass is 336 g/mol. The van der Waals surface area contributed by atoms with Gasteiger partial charge in [0.1, 0.15) is 11.0 Å². The van der Waals surface area contributed by atoms with Crippen molar-refractivity contribution in [3.63, 3.8) is 0 Å². The summed E-state index contributed by atoms with van der Waals surface area (Å²) < 4.78 is 0. The van der Waals surface area contributed by atoms with Crippen molar-refractivity contribution < 1.29 is 63.4 Å². The van der Waals surface area contributed by atoms with Crippen LogP contribution in [0.3, 0.4) is 0 Å². The Morgan fingerprint density at radius 2 is 1.38 bits per heavy atom. The quantitative estimate of drug-likeness (QED) is 0.386. The average molecular weight is 339 g/mol. The van der Waals surface area contributed by atoms with Crippen LogP contribution in [0.4, 0.5) is 0 Å². The maximum absolute atomic E-state index is 2.31. The van der Waals surface area contributed by atoms with Crippen molar-refractivity contribution in [2.75, 3.05) is 0 Å². The number of halogens is 3. The zero-order valence-corrected chi connectivity index (χ0v) is 13.9. The molecule has 5 heteroatoms. The van der Waals surface area contributed by atoms with E-state index in [1.807, 2.05) is 0 Å². The van der Waals surface area contributed by atoms with Crippen LogP contribution in [0.25, 0.3) is 0 Å². The summed E-state index contributed by atoms with van der Waals surface area (Å²) in [5.41, 5.74) is 4.00. The molecule has 1 rings (SSSR count). The van der Waals surface area contributed by atoms with Gasteiger partial charge in [-0.15, -0.1) is 0 Å². The standard InChI is InChI=1S/C8H13P.3ClH.Zr/c1-5-6(2)8(4)9-7(5)3;;;;/h7H,1-4H3;3*1H;/q;;;;+3/p-2. The van der Waals surface area contributed by atoms with Gasteiger partial charge in [0.2, 0.25) is 0 Å². The molecule has 0 fully saturated rings.